The number of non-ortho nitro benzene ring substituents is 1. The van der Waals surface area contributed by atoms with E-state index in [-0.39, 0.29) is 47.6 Å². The SMILES string of the molecule is CCOC(=O)C1=C(N)Oc2c(oc(CO)cc2=O)C12CNc1ccc([N+](=O)[O-])cc12. The molecule has 2 aliphatic rings. The number of nitrogens with one attached hydrogen (secondary N) is 1. The number of rotatable bonds is 4. The second-order valence-electron chi connectivity index (χ2n) is 6.70. The summed E-state index contributed by atoms with van der Waals surface area (Å²) in [6.07, 6.45) is 0. The summed E-state index contributed by atoms with van der Waals surface area (Å²) in [5.74, 6) is -1.61. The monoisotopic (exact) mass is 415 g/mol. The van der Waals surface area contributed by atoms with Crippen molar-refractivity contribution >= 4 is 17.3 Å². The molecule has 2 aromatic rings. The lowest BCUT2D eigenvalue weighted by atomic mass is 9.71. The second kappa shape index (κ2) is 6.88. The van der Waals surface area contributed by atoms with Gasteiger partial charge in [0.05, 0.1) is 11.5 Å². The van der Waals surface area contributed by atoms with Crippen molar-refractivity contribution in [3.63, 3.8) is 0 Å². The van der Waals surface area contributed by atoms with E-state index in [4.69, 9.17) is 19.6 Å². The summed E-state index contributed by atoms with van der Waals surface area (Å²) >= 11 is 0. The Morgan fingerprint density at radius 3 is 2.87 bits per heavy atom. The van der Waals surface area contributed by atoms with Crippen molar-refractivity contribution in [2.24, 2.45) is 5.73 Å². The number of anilines is 1. The summed E-state index contributed by atoms with van der Waals surface area (Å²) in [5, 5.41) is 24.0. The molecule has 4 N–H and O–H groups in total. The highest BCUT2D eigenvalue weighted by Gasteiger charge is 2.56. The van der Waals surface area contributed by atoms with E-state index in [1.807, 2.05) is 0 Å². The van der Waals surface area contributed by atoms with Crippen LogP contribution in [-0.2, 0) is 21.6 Å². The molecule has 0 bridgehead atoms. The number of aliphatic hydroxyl groups is 1. The van der Waals surface area contributed by atoms with Gasteiger partial charge in [-0.15, -0.1) is 0 Å². The maximum absolute atomic E-state index is 12.9. The maximum atomic E-state index is 12.9. The van der Waals surface area contributed by atoms with Gasteiger partial charge in [0.15, 0.2) is 5.76 Å². The Hall–Kier alpha value is -3.86. The third-order valence-corrected chi connectivity index (χ3v) is 5.08. The molecule has 0 radical (unpaired) electrons. The molecule has 1 atom stereocenters. The average Bonchev–Trinajstić information content (AvgIpc) is 3.08. The number of nitrogens with zero attached hydrogens (tertiary/aromatic N) is 1. The Morgan fingerprint density at radius 1 is 1.43 bits per heavy atom. The van der Waals surface area contributed by atoms with Crippen molar-refractivity contribution < 1.29 is 28.7 Å². The van der Waals surface area contributed by atoms with E-state index in [1.54, 1.807) is 6.92 Å². The third-order valence-electron chi connectivity index (χ3n) is 5.08. The molecule has 0 saturated carbocycles. The number of hydrogen-bond donors (Lipinski definition) is 3. The number of esters is 1. The largest absolute Gasteiger partial charge is 0.462 e. The van der Waals surface area contributed by atoms with Crippen LogP contribution >= 0.6 is 0 Å². The zero-order valence-electron chi connectivity index (χ0n) is 15.8. The van der Waals surface area contributed by atoms with Crippen molar-refractivity contribution in [3.8, 4) is 5.75 Å². The lowest BCUT2D eigenvalue weighted by Gasteiger charge is -2.34. The van der Waals surface area contributed by atoms with Crippen LogP contribution in [0.1, 0.15) is 24.0 Å². The molecule has 0 aliphatic carbocycles. The average molecular weight is 415 g/mol. The van der Waals surface area contributed by atoms with E-state index in [2.05, 4.69) is 5.32 Å². The zero-order valence-corrected chi connectivity index (χ0v) is 15.8. The van der Waals surface area contributed by atoms with E-state index in [9.17, 15) is 24.8 Å². The topological polar surface area (TPSA) is 167 Å². The first kappa shape index (κ1) is 19.5. The molecular weight excluding hydrogens is 398 g/mol. The van der Waals surface area contributed by atoms with E-state index >= 15 is 0 Å². The minimum atomic E-state index is -1.53. The van der Waals surface area contributed by atoms with Gasteiger partial charge in [-0.3, -0.25) is 14.9 Å². The molecule has 1 spiro atoms. The summed E-state index contributed by atoms with van der Waals surface area (Å²) in [4.78, 5) is 36.3. The number of hydrogen-bond acceptors (Lipinski definition) is 10. The Kier molecular flexibility index (Phi) is 4.46. The predicted octanol–water partition coefficient (Wildman–Crippen LogP) is 0.878. The Balaban J connectivity index is 2.10. The summed E-state index contributed by atoms with van der Waals surface area (Å²) in [6, 6.07) is 5.13. The van der Waals surface area contributed by atoms with Gasteiger partial charge in [0, 0.05) is 36.0 Å². The van der Waals surface area contributed by atoms with Crippen LogP contribution in [0.3, 0.4) is 0 Å². The van der Waals surface area contributed by atoms with E-state index in [0.29, 0.717) is 11.3 Å². The maximum Gasteiger partial charge on any atom is 0.340 e. The number of nitrogens with two attached hydrogens (primary N) is 1. The number of nitro benzene ring substituents is 1. The van der Waals surface area contributed by atoms with E-state index in [0.717, 1.165) is 6.07 Å². The molecule has 0 saturated heterocycles. The van der Waals surface area contributed by atoms with Gasteiger partial charge in [0.2, 0.25) is 17.1 Å². The molecule has 0 fully saturated rings. The highest BCUT2D eigenvalue weighted by Crippen LogP contribution is 2.53. The van der Waals surface area contributed by atoms with Crippen LogP contribution in [-0.4, -0.2) is 29.2 Å². The second-order valence-corrected chi connectivity index (χ2v) is 6.70. The Morgan fingerprint density at radius 2 is 2.20 bits per heavy atom. The number of carbonyl (C=O) groups is 1. The molecule has 30 heavy (non-hydrogen) atoms. The van der Waals surface area contributed by atoms with Gasteiger partial charge in [-0.2, -0.15) is 0 Å². The Labute approximate surface area is 168 Å². The number of ether oxygens (including phenoxy) is 2. The quantitative estimate of drug-likeness (QED) is 0.370. The van der Waals surface area contributed by atoms with Gasteiger partial charge in [0.25, 0.3) is 5.69 Å². The first-order valence-corrected chi connectivity index (χ1v) is 8.99. The van der Waals surface area contributed by atoms with Crippen LogP contribution in [0, 0.1) is 10.1 Å². The number of benzene rings is 1. The molecular formula is C19H17N3O8. The van der Waals surface area contributed by atoms with Crippen molar-refractivity contribution in [2.75, 3.05) is 18.5 Å². The van der Waals surface area contributed by atoms with Gasteiger partial charge in [0.1, 0.15) is 23.4 Å². The van der Waals surface area contributed by atoms with Crippen LogP contribution in [0.5, 0.6) is 5.75 Å². The molecule has 3 heterocycles. The summed E-state index contributed by atoms with van der Waals surface area (Å²) in [7, 11) is 0. The molecule has 4 rings (SSSR count). The molecule has 1 aromatic carbocycles. The number of nitro groups is 1. The molecule has 1 aromatic heterocycles. The molecule has 1 unspecified atom stereocenters. The van der Waals surface area contributed by atoms with Crippen LogP contribution in [0.4, 0.5) is 11.4 Å². The first-order chi connectivity index (χ1) is 14.3. The standard InChI is InChI=1S/C19H17N3O8/c1-2-28-18(25)14-17(20)30-15-13(24)6-10(7-23)29-16(15)19(14)8-21-12-4-3-9(22(26)27)5-11(12)19/h3-6,21,23H,2,7-8,20H2,1H3. The molecule has 2 aliphatic heterocycles. The molecule has 11 nitrogen and oxygen atoms in total. The molecule has 156 valence electrons. The smallest absolute Gasteiger partial charge is 0.340 e. The van der Waals surface area contributed by atoms with Crippen LogP contribution in [0.15, 0.2) is 44.9 Å². The number of carbonyl (C=O) groups excluding carboxylic acids is 1. The van der Waals surface area contributed by atoms with E-state index in [1.165, 1.54) is 18.2 Å². The minimum Gasteiger partial charge on any atom is -0.462 e. The fourth-order valence-corrected chi connectivity index (χ4v) is 3.85. The van der Waals surface area contributed by atoms with Gasteiger partial charge in [-0.05, 0) is 13.0 Å². The van der Waals surface area contributed by atoms with Gasteiger partial charge < -0.3 is 30.0 Å². The van der Waals surface area contributed by atoms with Crippen molar-refractivity contribution in [2.45, 2.75) is 18.9 Å². The fraction of sp³-hybridized carbons (Fsp3) is 0.263. The first-order valence-electron chi connectivity index (χ1n) is 8.99. The lowest BCUT2D eigenvalue weighted by Crippen LogP contribution is -2.44. The lowest BCUT2D eigenvalue weighted by molar-refractivity contribution is -0.384. The van der Waals surface area contributed by atoms with E-state index < -0.39 is 28.3 Å². The van der Waals surface area contributed by atoms with Crippen molar-refractivity contribution in [1.82, 2.24) is 0 Å². The Bertz CT molecular complexity index is 1170. The fourth-order valence-electron chi connectivity index (χ4n) is 3.85. The van der Waals surface area contributed by atoms with Gasteiger partial charge in [-0.1, -0.05) is 0 Å². The summed E-state index contributed by atoms with van der Waals surface area (Å²) < 4.78 is 16.3. The highest BCUT2D eigenvalue weighted by molar-refractivity contribution is 5.96. The summed E-state index contributed by atoms with van der Waals surface area (Å²) in [5.41, 5.74) is 4.29. The molecule has 0 amide bonds. The zero-order chi connectivity index (χ0) is 21.6. The number of fused-ring (bicyclic) bond motifs is 4. The normalized spacial score (nSPS) is 19.0. The van der Waals surface area contributed by atoms with Crippen LogP contribution in [0.25, 0.3) is 0 Å². The number of aliphatic hydroxyl groups excluding tert-OH is 1. The van der Waals surface area contributed by atoms with Crippen LogP contribution < -0.4 is 21.2 Å². The third kappa shape index (κ3) is 2.63. The highest BCUT2D eigenvalue weighted by atomic mass is 16.6. The van der Waals surface area contributed by atoms with Gasteiger partial charge >= 0.3 is 5.97 Å². The van der Waals surface area contributed by atoms with Crippen LogP contribution in [0.2, 0.25) is 0 Å². The predicted molar refractivity (Wildman–Crippen MR) is 102 cm³/mol. The van der Waals surface area contributed by atoms with Crippen molar-refractivity contribution in [3.05, 3.63) is 73.1 Å². The molecule has 11 heteroatoms. The minimum absolute atomic E-state index is 0.00741. The van der Waals surface area contributed by atoms with Gasteiger partial charge in [-0.25, -0.2) is 4.79 Å². The van der Waals surface area contributed by atoms with Crippen molar-refractivity contribution in [1.29, 1.82) is 0 Å². The summed E-state index contributed by atoms with van der Waals surface area (Å²) in [6.45, 7) is 1.05.